The van der Waals surface area contributed by atoms with Gasteiger partial charge in [-0.2, -0.15) is 0 Å². The molecule has 3 rings (SSSR count). The van der Waals surface area contributed by atoms with Gasteiger partial charge >= 0.3 is 0 Å². The van der Waals surface area contributed by atoms with Crippen LogP contribution in [0.15, 0.2) is 18.2 Å². The first-order valence-electron chi connectivity index (χ1n) is 6.90. The van der Waals surface area contributed by atoms with Crippen molar-refractivity contribution in [2.24, 2.45) is 0 Å². The van der Waals surface area contributed by atoms with E-state index >= 15 is 0 Å². The molecule has 1 fully saturated rings. The van der Waals surface area contributed by atoms with Gasteiger partial charge in [0.15, 0.2) is 0 Å². The largest absolute Gasteiger partial charge is 0.384 e. The third-order valence-electron chi connectivity index (χ3n) is 4.46. The molecule has 1 saturated heterocycles. The number of nitrogens with one attached hydrogen (secondary N) is 2. The Hall–Kier alpha value is -1.06. The van der Waals surface area contributed by atoms with Crippen LogP contribution in [0.4, 0.5) is 5.69 Å². The summed E-state index contributed by atoms with van der Waals surface area (Å²) < 4.78 is 5.66. The smallest absolute Gasteiger partial charge is 0.0726 e. The van der Waals surface area contributed by atoms with Crippen LogP contribution in [0.2, 0.25) is 0 Å². The van der Waals surface area contributed by atoms with Crippen LogP contribution < -0.4 is 10.6 Å². The van der Waals surface area contributed by atoms with Crippen LogP contribution in [0, 0.1) is 0 Å². The lowest BCUT2D eigenvalue weighted by Gasteiger charge is -2.29. The van der Waals surface area contributed by atoms with E-state index in [-0.39, 0.29) is 5.54 Å². The summed E-state index contributed by atoms with van der Waals surface area (Å²) >= 11 is 0. The van der Waals surface area contributed by atoms with Gasteiger partial charge in [-0.1, -0.05) is 12.1 Å². The van der Waals surface area contributed by atoms with E-state index in [2.05, 4.69) is 42.7 Å². The Morgan fingerprint density at radius 1 is 1.50 bits per heavy atom. The molecule has 3 nitrogen and oxygen atoms in total. The van der Waals surface area contributed by atoms with E-state index in [0.29, 0.717) is 6.10 Å². The van der Waals surface area contributed by atoms with Crippen molar-refractivity contribution in [2.75, 3.05) is 18.5 Å². The third-order valence-corrected chi connectivity index (χ3v) is 4.46. The summed E-state index contributed by atoms with van der Waals surface area (Å²) in [6.45, 7) is 7.30. The molecule has 0 amide bonds. The minimum atomic E-state index is 0.122. The fourth-order valence-electron chi connectivity index (χ4n) is 2.84. The maximum atomic E-state index is 5.66. The van der Waals surface area contributed by atoms with Gasteiger partial charge in [-0.05, 0) is 43.9 Å². The zero-order valence-corrected chi connectivity index (χ0v) is 11.3. The quantitative estimate of drug-likeness (QED) is 0.858. The number of fused-ring (bicyclic) bond motifs is 1. The summed E-state index contributed by atoms with van der Waals surface area (Å²) in [4.78, 5) is 0. The van der Waals surface area contributed by atoms with Crippen molar-refractivity contribution in [1.82, 2.24) is 5.32 Å². The Bertz CT molecular complexity index is 446. The van der Waals surface area contributed by atoms with Crippen LogP contribution in [-0.4, -0.2) is 24.8 Å². The van der Waals surface area contributed by atoms with Crippen molar-refractivity contribution >= 4 is 5.69 Å². The van der Waals surface area contributed by atoms with Gasteiger partial charge in [0.05, 0.1) is 6.10 Å². The second-order valence-corrected chi connectivity index (χ2v) is 5.70. The van der Waals surface area contributed by atoms with Crippen molar-refractivity contribution in [3.05, 3.63) is 29.3 Å². The van der Waals surface area contributed by atoms with Crippen LogP contribution in [0.25, 0.3) is 0 Å². The summed E-state index contributed by atoms with van der Waals surface area (Å²) in [5.74, 6) is 0. The van der Waals surface area contributed by atoms with Crippen molar-refractivity contribution in [2.45, 2.75) is 44.9 Å². The van der Waals surface area contributed by atoms with Gasteiger partial charge in [-0.15, -0.1) is 0 Å². The van der Waals surface area contributed by atoms with E-state index < -0.39 is 0 Å². The maximum Gasteiger partial charge on any atom is 0.0726 e. The molecular formula is C15H22N2O. The van der Waals surface area contributed by atoms with Gasteiger partial charge in [0, 0.05) is 30.9 Å². The van der Waals surface area contributed by atoms with Crippen LogP contribution in [-0.2, 0) is 17.7 Å². The normalized spacial score (nSPS) is 30.2. The first-order chi connectivity index (χ1) is 8.67. The molecule has 0 bridgehead atoms. The van der Waals surface area contributed by atoms with Crippen LogP contribution in [0.1, 0.15) is 31.4 Å². The lowest BCUT2D eigenvalue weighted by molar-refractivity contribution is 0.0881. The van der Waals surface area contributed by atoms with E-state index in [0.717, 1.165) is 32.5 Å². The third kappa shape index (κ3) is 2.13. The predicted octanol–water partition coefficient (Wildman–Crippen LogP) is 2.31. The SMILES string of the molecule is CC1OCCC1(C)NCc1ccc2c(c1)CCN2. The first-order valence-corrected chi connectivity index (χ1v) is 6.90. The fourth-order valence-corrected chi connectivity index (χ4v) is 2.84. The molecule has 98 valence electrons. The number of anilines is 1. The number of hydrogen-bond donors (Lipinski definition) is 2. The van der Waals surface area contributed by atoms with Crippen molar-refractivity contribution in [3.8, 4) is 0 Å². The van der Waals surface area contributed by atoms with Crippen LogP contribution >= 0.6 is 0 Å². The summed E-state index contributed by atoms with van der Waals surface area (Å²) in [6, 6.07) is 6.75. The average molecular weight is 246 g/mol. The minimum absolute atomic E-state index is 0.122. The maximum absolute atomic E-state index is 5.66. The standard InChI is InChI=1S/C15H22N2O/c1-11-15(2,6-8-18-11)17-10-12-3-4-14-13(9-12)5-7-16-14/h3-4,9,11,16-17H,5-8,10H2,1-2H3. The molecule has 0 spiro atoms. The Kier molecular flexibility index (Phi) is 3.04. The molecule has 2 N–H and O–H groups in total. The zero-order chi connectivity index (χ0) is 12.6. The lowest BCUT2D eigenvalue weighted by atomic mass is 9.94. The van der Waals surface area contributed by atoms with E-state index in [4.69, 9.17) is 4.74 Å². The number of ether oxygens (including phenoxy) is 1. The summed E-state index contributed by atoms with van der Waals surface area (Å²) in [7, 11) is 0. The van der Waals surface area contributed by atoms with Gasteiger partial charge in [0.1, 0.15) is 0 Å². The molecule has 2 heterocycles. The van der Waals surface area contributed by atoms with E-state index in [1.165, 1.54) is 16.8 Å². The Labute approximate surface area is 109 Å². The first kappa shape index (κ1) is 12.0. The second-order valence-electron chi connectivity index (χ2n) is 5.70. The molecule has 2 atom stereocenters. The van der Waals surface area contributed by atoms with Gasteiger partial charge < -0.3 is 15.4 Å². The Morgan fingerprint density at radius 2 is 2.39 bits per heavy atom. The number of hydrogen-bond acceptors (Lipinski definition) is 3. The van der Waals surface area contributed by atoms with Gasteiger partial charge in [0.2, 0.25) is 0 Å². The molecule has 2 aliphatic heterocycles. The fraction of sp³-hybridized carbons (Fsp3) is 0.600. The van der Waals surface area contributed by atoms with Gasteiger partial charge in [0.25, 0.3) is 0 Å². The van der Waals surface area contributed by atoms with Crippen molar-refractivity contribution in [1.29, 1.82) is 0 Å². The molecule has 0 aromatic heterocycles. The molecular weight excluding hydrogens is 224 g/mol. The molecule has 3 heteroatoms. The Morgan fingerprint density at radius 3 is 3.17 bits per heavy atom. The highest BCUT2D eigenvalue weighted by Crippen LogP contribution is 2.27. The summed E-state index contributed by atoms with van der Waals surface area (Å²) in [6.07, 6.45) is 2.55. The average Bonchev–Trinajstić information content (AvgIpc) is 2.95. The molecule has 2 aliphatic rings. The molecule has 0 aliphatic carbocycles. The second kappa shape index (κ2) is 4.56. The van der Waals surface area contributed by atoms with E-state index in [1.54, 1.807) is 0 Å². The number of benzene rings is 1. The van der Waals surface area contributed by atoms with Crippen molar-refractivity contribution < 1.29 is 4.74 Å². The topological polar surface area (TPSA) is 33.3 Å². The molecule has 1 aromatic rings. The molecule has 2 unspecified atom stereocenters. The Balaban J connectivity index is 1.66. The van der Waals surface area contributed by atoms with Gasteiger partial charge in [-0.25, -0.2) is 0 Å². The van der Waals surface area contributed by atoms with Crippen LogP contribution in [0.5, 0.6) is 0 Å². The van der Waals surface area contributed by atoms with E-state index in [9.17, 15) is 0 Å². The molecule has 1 aromatic carbocycles. The highest BCUT2D eigenvalue weighted by atomic mass is 16.5. The predicted molar refractivity (Wildman–Crippen MR) is 73.9 cm³/mol. The van der Waals surface area contributed by atoms with Crippen molar-refractivity contribution in [3.63, 3.8) is 0 Å². The summed E-state index contributed by atoms with van der Waals surface area (Å²) in [5.41, 5.74) is 4.26. The minimum Gasteiger partial charge on any atom is -0.384 e. The monoisotopic (exact) mass is 246 g/mol. The highest BCUT2D eigenvalue weighted by molar-refractivity contribution is 5.56. The molecule has 18 heavy (non-hydrogen) atoms. The molecule has 0 radical (unpaired) electrons. The molecule has 0 saturated carbocycles. The number of rotatable bonds is 3. The highest BCUT2D eigenvalue weighted by Gasteiger charge is 2.36. The van der Waals surface area contributed by atoms with E-state index in [1.807, 2.05) is 0 Å². The van der Waals surface area contributed by atoms with Gasteiger partial charge in [-0.3, -0.25) is 0 Å². The lowest BCUT2D eigenvalue weighted by Crippen LogP contribution is -2.47. The summed E-state index contributed by atoms with van der Waals surface area (Å²) in [5, 5.41) is 7.07. The zero-order valence-electron chi connectivity index (χ0n) is 11.3. The van der Waals surface area contributed by atoms with Crippen LogP contribution in [0.3, 0.4) is 0 Å².